The number of hydrogen-bond donors (Lipinski definition) is 1. The summed E-state index contributed by atoms with van der Waals surface area (Å²) < 4.78 is 15.8. The molecule has 8 nitrogen and oxygen atoms in total. The number of hydrogen-bond acceptors (Lipinski definition) is 6. The van der Waals surface area contributed by atoms with Gasteiger partial charge < -0.3 is 29.3 Å². The average Bonchev–Trinajstić information content (AvgIpc) is 2.84. The van der Waals surface area contributed by atoms with Gasteiger partial charge in [-0.3, -0.25) is 9.59 Å². The summed E-state index contributed by atoms with van der Waals surface area (Å²) in [6, 6.07) is 7.53. The van der Waals surface area contributed by atoms with Crippen molar-refractivity contribution in [2.75, 3.05) is 67.3 Å². The van der Waals surface area contributed by atoms with Gasteiger partial charge in [0.1, 0.15) is 12.6 Å². The van der Waals surface area contributed by atoms with Crippen molar-refractivity contribution in [1.29, 1.82) is 0 Å². The van der Waals surface area contributed by atoms with Crippen LogP contribution in [0.25, 0.3) is 0 Å². The Bertz CT molecular complexity index is 715. The lowest BCUT2D eigenvalue weighted by molar-refractivity contribution is -0.149. The molecule has 186 valence electrons. The molecule has 33 heavy (non-hydrogen) atoms. The van der Waals surface area contributed by atoms with Gasteiger partial charge in [-0.2, -0.15) is 0 Å². The highest BCUT2D eigenvalue weighted by Crippen LogP contribution is 2.24. The fourth-order valence-corrected chi connectivity index (χ4v) is 3.98. The summed E-state index contributed by atoms with van der Waals surface area (Å²) in [5.41, 5.74) is 2.22. The van der Waals surface area contributed by atoms with E-state index in [9.17, 15) is 9.59 Å². The number of nitrogens with one attached hydrogen (secondary N) is 1. The molecule has 1 heterocycles. The molecule has 1 N–H and O–H groups in total. The zero-order valence-electron chi connectivity index (χ0n) is 20.5. The van der Waals surface area contributed by atoms with Crippen LogP contribution in [0.15, 0.2) is 24.3 Å². The predicted octanol–water partition coefficient (Wildman–Crippen LogP) is 1.86. The summed E-state index contributed by atoms with van der Waals surface area (Å²) in [5, 5.41) is 3.16. The van der Waals surface area contributed by atoms with Gasteiger partial charge in [0.25, 0.3) is 0 Å². The maximum atomic E-state index is 13.3. The lowest BCUT2D eigenvalue weighted by atomic mass is 9.93. The SMILES string of the molecule is CNCCCCCCN(C)C(=O)C1Cc2ccccc2CN1C(=O)COCCOCCOC. The molecular weight excluding hydrogens is 422 g/mol. The number of amides is 2. The van der Waals surface area contributed by atoms with Crippen molar-refractivity contribution >= 4 is 11.8 Å². The molecule has 2 amide bonds. The van der Waals surface area contributed by atoms with E-state index in [1.807, 2.05) is 38.4 Å². The van der Waals surface area contributed by atoms with Crippen molar-refractivity contribution in [2.45, 2.75) is 44.7 Å². The number of rotatable bonds is 16. The number of carbonyl (C=O) groups excluding carboxylic acids is 2. The van der Waals surface area contributed by atoms with Crippen LogP contribution in [-0.4, -0.2) is 95.0 Å². The number of methoxy groups -OCH3 is 1. The third-order valence-corrected chi connectivity index (χ3v) is 5.93. The lowest BCUT2D eigenvalue weighted by Crippen LogP contribution is -2.53. The highest BCUT2D eigenvalue weighted by atomic mass is 16.5. The summed E-state index contributed by atoms with van der Waals surface area (Å²) >= 11 is 0. The standard InChI is InChI=1S/C25H41N3O5/c1-26-12-8-4-5-9-13-27(2)25(30)23-18-21-10-6-7-11-22(21)19-28(23)24(29)20-33-17-16-32-15-14-31-3/h6-7,10-11,23,26H,4-5,8-9,12-20H2,1-3H3. The highest BCUT2D eigenvalue weighted by Gasteiger charge is 2.35. The van der Waals surface area contributed by atoms with E-state index in [-0.39, 0.29) is 18.4 Å². The second-order valence-corrected chi connectivity index (χ2v) is 8.45. The van der Waals surface area contributed by atoms with E-state index in [1.54, 1.807) is 16.9 Å². The topological polar surface area (TPSA) is 80.3 Å². The number of fused-ring (bicyclic) bond motifs is 1. The molecule has 1 aromatic carbocycles. The van der Waals surface area contributed by atoms with Gasteiger partial charge in [-0.25, -0.2) is 0 Å². The molecule has 1 atom stereocenters. The van der Waals surface area contributed by atoms with E-state index < -0.39 is 6.04 Å². The Morgan fingerprint density at radius 1 is 1.03 bits per heavy atom. The molecule has 0 aliphatic carbocycles. The molecule has 1 aromatic rings. The average molecular weight is 464 g/mol. The number of benzene rings is 1. The first-order valence-electron chi connectivity index (χ1n) is 12.0. The van der Waals surface area contributed by atoms with E-state index in [0.717, 1.165) is 43.4 Å². The Hall–Kier alpha value is -2.00. The van der Waals surface area contributed by atoms with Crippen LogP contribution in [0.3, 0.4) is 0 Å². The van der Waals surface area contributed by atoms with E-state index in [1.165, 1.54) is 0 Å². The van der Waals surface area contributed by atoms with E-state index in [2.05, 4.69) is 5.32 Å². The van der Waals surface area contributed by atoms with Crippen LogP contribution >= 0.6 is 0 Å². The van der Waals surface area contributed by atoms with Crippen molar-refractivity contribution < 1.29 is 23.8 Å². The number of unbranched alkanes of at least 4 members (excludes halogenated alkanes) is 3. The van der Waals surface area contributed by atoms with E-state index in [0.29, 0.717) is 45.9 Å². The third-order valence-electron chi connectivity index (χ3n) is 5.93. The Morgan fingerprint density at radius 3 is 2.48 bits per heavy atom. The molecule has 0 bridgehead atoms. The molecule has 0 spiro atoms. The molecule has 1 aliphatic heterocycles. The maximum absolute atomic E-state index is 13.3. The summed E-state index contributed by atoms with van der Waals surface area (Å²) in [7, 11) is 5.42. The van der Waals surface area contributed by atoms with Gasteiger partial charge in [-0.1, -0.05) is 37.1 Å². The zero-order valence-corrected chi connectivity index (χ0v) is 20.5. The number of nitrogens with zero attached hydrogens (tertiary/aromatic N) is 2. The Labute approximate surface area is 198 Å². The van der Waals surface area contributed by atoms with Crippen molar-refractivity contribution in [2.24, 2.45) is 0 Å². The first-order valence-corrected chi connectivity index (χ1v) is 12.0. The first kappa shape index (κ1) is 27.2. The summed E-state index contributed by atoms with van der Waals surface area (Å²) in [6.45, 7) is 3.84. The van der Waals surface area contributed by atoms with Gasteiger partial charge >= 0.3 is 0 Å². The fraction of sp³-hybridized carbons (Fsp3) is 0.680. The van der Waals surface area contributed by atoms with Gasteiger partial charge in [0.05, 0.1) is 26.4 Å². The number of ether oxygens (including phenoxy) is 3. The monoisotopic (exact) mass is 463 g/mol. The van der Waals surface area contributed by atoms with Gasteiger partial charge in [-0.05, 0) is 37.6 Å². The molecule has 0 fully saturated rings. The van der Waals surface area contributed by atoms with Gasteiger partial charge in [0.2, 0.25) is 11.8 Å². The van der Waals surface area contributed by atoms with Crippen molar-refractivity contribution in [3.05, 3.63) is 35.4 Å². The van der Waals surface area contributed by atoms with Gasteiger partial charge in [0, 0.05) is 33.7 Å². The Kier molecular flexibility index (Phi) is 13.0. The number of likely N-dealkylation sites (N-methyl/N-ethyl adjacent to an activating group) is 1. The summed E-state index contributed by atoms with van der Waals surface area (Å²) in [4.78, 5) is 29.8. The van der Waals surface area contributed by atoms with Crippen LogP contribution in [0.4, 0.5) is 0 Å². The highest BCUT2D eigenvalue weighted by molar-refractivity contribution is 5.89. The molecule has 0 aromatic heterocycles. The van der Waals surface area contributed by atoms with Crippen LogP contribution in [0.5, 0.6) is 0 Å². The molecular formula is C25H41N3O5. The van der Waals surface area contributed by atoms with Crippen LogP contribution in [0.2, 0.25) is 0 Å². The van der Waals surface area contributed by atoms with Crippen LogP contribution < -0.4 is 5.32 Å². The molecule has 0 radical (unpaired) electrons. The Morgan fingerprint density at radius 2 is 1.73 bits per heavy atom. The summed E-state index contributed by atoms with van der Waals surface area (Å²) in [6.07, 6.45) is 4.89. The number of carbonyl (C=O) groups is 2. The van der Waals surface area contributed by atoms with Crippen molar-refractivity contribution in [1.82, 2.24) is 15.1 Å². The van der Waals surface area contributed by atoms with Gasteiger partial charge in [0.15, 0.2) is 0 Å². The summed E-state index contributed by atoms with van der Waals surface area (Å²) in [5.74, 6) is -0.170. The van der Waals surface area contributed by atoms with Crippen LogP contribution in [0.1, 0.15) is 36.8 Å². The minimum atomic E-state index is -0.497. The van der Waals surface area contributed by atoms with Crippen LogP contribution in [-0.2, 0) is 36.8 Å². The molecule has 0 saturated heterocycles. The van der Waals surface area contributed by atoms with E-state index in [4.69, 9.17) is 14.2 Å². The molecule has 1 aliphatic rings. The normalized spacial score (nSPS) is 15.4. The molecule has 8 heteroatoms. The molecule has 2 rings (SSSR count). The van der Waals surface area contributed by atoms with Crippen molar-refractivity contribution in [3.8, 4) is 0 Å². The molecule has 0 saturated carbocycles. The smallest absolute Gasteiger partial charge is 0.249 e. The maximum Gasteiger partial charge on any atom is 0.249 e. The quantitative estimate of drug-likeness (QED) is 0.377. The third kappa shape index (κ3) is 9.41. The minimum Gasteiger partial charge on any atom is -0.382 e. The van der Waals surface area contributed by atoms with Gasteiger partial charge in [-0.15, -0.1) is 0 Å². The second-order valence-electron chi connectivity index (χ2n) is 8.45. The second kappa shape index (κ2) is 15.8. The van der Waals surface area contributed by atoms with Crippen LogP contribution in [0, 0.1) is 0 Å². The zero-order chi connectivity index (χ0) is 23.9. The molecule has 1 unspecified atom stereocenters. The minimum absolute atomic E-state index is 0.00373. The predicted molar refractivity (Wildman–Crippen MR) is 128 cm³/mol. The largest absolute Gasteiger partial charge is 0.382 e. The lowest BCUT2D eigenvalue weighted by Gasteiger charge is -2.38. The first-order chi connectivity index (χ1) is 16.1. The van der Waals surface area contributed by atoms with Crippen molar-refractivity contribution in [3.63, 3.8) is 0 Å². The Balaban J connectivity index is 1.90. The van der Waals surface area contributed by atoms with E-state index >= 15 is 0 Å². The fourth-order valence-electron chi connectivity index (χ4n) is 3.98.